The van der Waals surface area contributed by atoms with E-state index in [0.717, 1.165) is 19.7 Å². The molecule has 76 valence electrons. The molecule has 0 spiro atoms. The molecule has 1 amide bonds. The summed E-state index contributed by atoms with van der Waals surface area (Å²) in [6.45, 7) is 5.52. The van der Waals surface area contributed by atoms with Gasteiger partial charge < -0.3 is 10.1 Å². The lowest BCUT2D eigenvalue weighted by atomic mass is 10.1. The molecule has 1 saturated heterocycles. The minimum Gasteiger partial charge on any atom is -0.378 e. The van der Waals surface area contributed by atoms with E-state index in [1.807, 2.05) is 0 Å². The van der Waals surface area contributed by atoms with Gasteiger partial charge in [-0.3, -0.25) is 9.69 Å². The second-order valence-corrected chi connectivity index (χ2v) is 3.23. The lowest BCUT2D eigenvalue weighted by molar-refractivity contribution is -0.123. The Morgan fingerprint density at radius 1 is 1.69 bits per heavy atom. The van der Waals surface area contributed by atoms with Crippen LogP contribution < -0.4 is 5.32 Å². The van der Waals surface area contributed by atoms with Crippen molar-refractivity contribution in [3.63, 3.8) is 0 Å². The van der Waals surface area contributed by atoms with Crippen molar-refractivity contribution in [3.8, 4) is 0 Å². The van der Waals surface area contributed by atoms with Crippen molar-refractivity contribution in [3.05, 3.63) is 0 Å². The number of rotatable bonds is 3. The molecule has 1 aliphatic heterocycles. The van der Waals surface area contributed by atoms with E-state index >= 15 is 0 Å². The minimum absolute atomic E-state index is 0.0916. The highest BCUT2D eigenvalue weighted by Gasteiger charge is 2.23. The zero-order valence-electron chi connectivity index (χ0n) is 8.38. The number of hydrogen-bond acceptors (Lipinski definition) is 3. The van der Waals surface area contributed by atoms with Crippen molar-refractivity contribution in [1.29, 1.82) is 0 Å². The zero-order valence-corrected chi connectivity index (χ0v) is 8.38. The van der Waals surface area contributed by atoms with Gasteiger partial charge >= 0.3 is 0 Å². The van der Waals surface area contributed by atoms with E-state index in [9.17, 15) is 4.79 Å². The molecule has 0 aromatic heterocycles. The molecular weight excluding hydrogens is 168 g/mol. The molecule has 1 aliphatic rings. The van der Waals surface area contributed by atoms with Gasteiger partial charge in [0.2, 0.25) is 5.91 Å². The van der Waals surface area contributed by atoms with Crippen LogP contribution in [-0.2, 0) is 9.53 Å². The van der Waals surface area contributed by atoms with E-state index < -0.39 is 0 Å². The molecule has 0 aromatic carbocycles. The predicted molar refractivity (Wildman–Crippen MR) is 50.5 cm³/mol. The van der Waals surface area contributed by atoms with Crippen LogP contribution in [0.15, 0.2) is 0 Å². The second-order valence-electron chi connectivity index (χ2n) is 3.23. The number of carbonyl (C=O) groups excluding carboxylic acids is 1. The van der Waals surface area contributed by atoms with E-state index in [4.69, 9.17) is 4.74 Å². The van der Waals surface area contributed by atoms with Crippen molar-refractivity contribution < 1.29 is 9.53 Å². The van der Waals surface area contributed by atoms with Gasteiger partial charge in [0.1, 0.15) is 0 Å². The normalized spacial score (nSPS) is 24.3. The molecule has 0 aliphatic carbocycles. The number of amides is 1. The number of nitrogens with one attached hydrogen (secondary N) is 1. The number of likely N-dealkylation sites (N-methyl/N-ethyl adjacent to an activating group) is 1. The first-order chi connectivity index (χ1) is 6.27. The van der Waals surface area contributed by atoms with Gasteiger partial charge in [-0.15, -0.1) is 0 Å². The molecule has 4 heteroatoms. The Morgan fingerprint density at radius 3 is 3.08 bits per heavy atom. The Kier molecular flexibility index (Phi) is 4.18. The first-order valence-corrected chi connectivity index (χ1v) is 4.80. The van der Waals surface area contributed by atoms with E-state index in [2.05, 4.69) is 17.1 Å². The van der Waals surface area contributed by atoms with Crippen LogP contribution in [0.3, 0.4) is 0 Å². The summed E-state index contributed by atoms with van der Waals surface area (Å²) in [5, 5.41) is 2.64. The fourth-order valence-electron chi connectivity index (χ4n) is 1.61. The third-order valence-electron chi connectivity index (χ3n) is 2.46. The van der Waals surface area contributed by atoms with Gasteiger partial charge in [-0.1, -0.05) is 6.92 Å². The largest absolute Gasteiger partial charge is 0.378 e. The highest BCUT2D eigenvalue weighted by molar-refractivity contribution is 5.76. The maximum Gasteiger partial charge on any atom is 0.221 e. The van der Waals surface area contributed by atoms with E-state index in [1.165, 1.54) is 0 Å². The van der Waals surface area contributed by atoms with Crippen LogP contribution in [0.5, 0.6) is 0 Å². The van der Waals surface area contributed by atoms with Gasteiger partial charge in [0.15, 0.2) is 0 Å². The lowest BCUT2D eigenvalue weighted by Gasteiger charge is -2.34. The van der Waals surface area contributed by atoms with Crippen molar-refractivity contribution in [1.82, 2.24) is 10.2 Å². The summed E-state index contributed by atoms with van der Waals surface area (Å²) in [7, 11) is 1.67. The second kappa shape index (κ2) is 5.19. The predicted octanol–water partition coefficient (Wildman–Crippen LogP) is -0.157. The van der Waals surface area contributed by atoms with Crippen LogP contribution in [0.4, 0.5) is 0 Å². The summed E-state index contributed by atoms with van der Waals surface area (Å²) in [4.78, 5) is 13.4. The van der Waals surface area contributed by atoms with Crippen LogP contribution in [0.2, 0.25) is 0 Å². The smallest absolute Gasteiger partial charge is 0.221 e. The summed E-state index contributed by atoms with van der Waals surface area (Å²) >= 11 is 0. The molecule has 0 aromatic rings. The number of hydrogen-bond donors (Lipinski definition) is 1. The highest BCUT2D eigenvalue weighted by atomic mass is 16.5. The Labute approximate surface area is 79.2 Å². The average molecular weight is 186 g/mol. The Hall–Kier alpha value is -0.610. The molecule has 1 unspecified atom stereocenters. The molecule has 1 fully saturated rings. The fourth-order valence-corrected chi connectivity index (χ4v) is 1.61. The number of nitrogens with zero attached hydrogens (tertiary/aromatic N) is 1. The Balaban J connectivity index is 2.40. The van der Waals surface area contributed by atoms with Crippen molar-refractivity contribution in [2.75, 3.05) is 33.4 Å². The summed E-state index contributed by atoms with van der Waals surface area (Å²) in [5.41, 5.74) is 0. The summed E-state index contributed by atoms with van der Waals surface area (Å²) in [6.07, 6.45) is 0.546. The van der Waals surface area contributed by atoms with Crippen LogP contribution in [-0.4, -0.2) is 50.2 Å². The summed E-state index contributed by atoms with van der Waals surface area (Å²) in [5.74, 6) is 0.0916. The molecule has 1 N–H and O–H groups in total. The van der Waals surface area contributed by atoms with Crippen LogP contribution in [0.25, 0.3) is 0 Å². The van der Waals surface area contributed by atoms with E-state index in [-0.39, 0.29) is 11.9 Å². The molecule has 0 radical (unpaired) electrons. The average Bonchev–Trinajstić information content (AvgIpc) is 2.18. The third-order valence-corrected chi connectivity index (χ3v) is 2.46. The van der Waals surface area contributed by atoms with Gasteiger partial charge in [0, 0.05) is 26.1 Å². The van der Waals surface area contributed by atoms with Crippen LogP contribution in [0.1, 0.15) is 13.3 Å². The zero-order chi connectivity index (χ0) is 9.68. The van der Waals surface area contributed by atoms with Crippen molar-refractivity contribution >= 4 is 5.91 Å². The van der Waals surface area contributed by atoms with Gasteiger partial charge in [-0.05, 0) is 6.54 Å². The maximum absolute atomic E-state index is 11.1. The quantitative estimate of drug-likeness (QED) is 0.666. The lowest BCUT2D eigenvalue weighted by Crippen LogP contribution is -2.47. The standard InChI is InChI=1S/C9H18N2O2/c1-3-11-4-5-13-7-8(11)6-9(12)10-2/h8H,3-7H2,1-2H3,(H,10,12). The first-order valence-electron chi connectivity index (χ1n) is 4.80. The third kappa shape index (κ3) is 2.97. The Bertz CT molecular complexity index is 173. The van der Waals surface area contributed by atoms with Crippen molar-refractivity contribution in [2.45, 2.75) is 19.4 Å². The molecule has 13 heavy (non-hydrogen) atoms. The molecule has 1 atom stereocenters. The number of morpholine rings is 1. The van der Waals surface area contributed by atoms with Gasteiger partial charge in [0.25, 0.3) is 0 Å². The number of ether oxygens (including phenoxy) is 1. The number of carbonyl (C=O) groups is 1. The molecule has 4 nitrogen and oxygen atoms in total. The van der Waals surface area contributed by atoms with E-state index in [1.54, 1.807) is 7.05 Å². The van der Waals surface area contributed by atoms with Crippen molar-refractivity contribution in [2.24, 2.45) is 0 Å². The minimum atomic E-state index is 0.0916. The first kappa shape index (κ1) is 10.5. The topological polar surface area (TPSA) is 41.6 Å². The monoisotopic (exact) mass is 186 g/mol. The molecule has 0 bridgehead atoms. The van der Waals surface area contributed by atoms with Gasteiger partial charge in [-0.2, -0.15) is 0 Å². The molecule has 1 rings (SSSR count). The summed E-state index contributed by atoms with van der Waals surface area (Å²) < 4.78 is 5.34. The van der Waals surface area contributed by atoms with Gasteiger partial charge in [-0.25, -0.2) is 0 Å². The van der Waals surface area contributed by atoms with E-state index in [0.29, 0.717) is 13.0 Å². The molecular formula is C9H18N2O2. The fraction of sp³-hybridized carbons (Fsp3) is 0.889. The maximum atomic E-state index is 11.1. The van der Waals surface area contributed by atoms with Gasteiger partial charge in [0.05, 0.1) is 13.2 Å². The van der Waals surface area contributed by atoms with Crippen LogP contribution in [0, 0.1) is 0 Å². The van der Waals surface area contributed by atoms with Crippen LogP contribution >= 0.6 is 0 Å². The SMILES string of the molecule is CCN1CCOCC1CC(=O)NC. The molecule has 1 heterocycles. The Morgan fingerprint density at radius 2 is 2.46 bits per heavy atom. The molecule has 0 saturated carbocycles. The summed E-state index contributed by atoms with van der Waals surface area (Å²) in [6, 6.07) is 0.263. The highest BCUT2D eigenvalue weighted by Crippen LogP contribution is 2.09.